The van der Waals surface area contributed by atoms with Crippen molar-refractivity contribution in [2.45, 2.75) is 19.3 Å². The molecule has 3 aliphatic heterocycles. The second kappa shape index (κ2) is 5.04. The van der Waals surface area contributed by atoms with E-state index >= 15 is 0 Å². The zero-order valence-electron chi connectivity index (χ0n) is 7.70. The Labute approximate surface area is 77.9 Å². The number of nitrogens with one attached hydrogen (secondary N) is 1. The number of nitrogens with zero attached hydrogens (tertiary/aromatic N) is 1. The Morgan fingerprint density at radius 2 is 1.69 bits per heavy atom. The number of amides is 1. The van der Waals surface area contributed by atoms with Crippen LogP contribution >= 0.6 is 0 Å². The molecule has 76 valence electrons. The molecule has 5 nitrogen and oxygen atoms in total. The molecule has 13 heavy (non-hydrogen) atoms. The van der Waals surface area contributed by atoms with Gasteiger partial charge in [0.25, 0.3) is 0 Å². The molecule has 5 heteroatoms. The van der Waals surface area contributed by atoms with E-state index in [-0.39, 0.29) is 0 Å². The lowest BCUT2D eigenvalue weighted by Gasteiger charge is -2.38. The second-order valence-electron chi connectivity index (χ2n) is 3.52. The van der Waals surface area contributed by atoms with Gasteiger partial charge in [-0.15, -0.1) is 0 Å². The number of carboxylic acid groups (broad SMARTS) is 1. The van der Waals surface area contributed by atoms with Crippen molar-refractivity contribution in [1.29, 1.82) is 0 Å². The first kappa shape index (κ1) is 10.3. The van der Waals surface area contributed by atoms with Crippen LogP contribution in [0, 0.1) is 5.92 Å². The van der Waals surface area contributed by atoms with E-state index in [9.17, 15) is 0 Å². The van der Waals surface area contributed by atoms with Crippen molar-refractivity contribution in [3.8, 4) is 0 Å². The minimum atomic E-state index is -1.22. The Morgan fingerprint density at radius 1 is 1.31 bits per heavy atom. The van der Waals surface area contributed by atoms with E-state index in [1.54, 1.807) is 0 Å². The zero-order valence-corrected chi connectivity index (χ0v) is 7.70. The molecule has 3 heterocycles. The summed E-state index contributed by atoms with van der Waals surface area (Å²) in [7, 11) is 0. The molecule has 0 unspecified atom stereocenters. The number of nitrogens with two attached hydrogens (primary N) is 1. The maximum Gasteiger partial charge on any atom is 0.418 e. The summed E-state index contributed by atoms with van der Waals surface area (Å²) in [6.07, 6.45) is 3.24. The quantitative estimate of drug-likeness (QED) is 0.288. The van der Waals surface area contributed by atoms with E-state index in [1.807, 2.05) is 0 Å². The smallest absolute Gasteiger partial charge is 0.418 e. The third kappa shape index (κ3) is 3.61. The fraction of sp³-hybridized carbons (Fsp3) is 0.875. The van der Waals surface area contributed by atoms with Crippen molar-refractivity contribution in [3.05, 3.63) is 0 Å². The molecule has 2 bridgehead atoms. The maximum absolute atomic E-state index is 9.13. The lowest BCUT2D eigenvalue weighted by atomic mass is 9.89. The van der Waals surface area contributed by atoms with Crippen LogP contribution in [0.1, 0.15) is 19.3 Å². The van der Waals surface area contributed by atoms with E-state index in [1.165, 1.54) is 44.3 Å². The van der Waals surface area contributed by atoms with Crippen molar-refractivity contribution in [2.75, 3.05) is 19.6 Å². The highest BCUT2D eigenvalue weighted by molar-refractivity contribution is 5.63. The number of rotatable bonds is 0. The highest BCUT2D eigenvalue weighted by Gasteiger charge is 2.24. The van der Waals surface area contributed by atoms with Crippen LogP contribution in [0.25, 0.3) is 0 Å². The molecule has 0 saturated carbocycles. The van der Waals surface area contributed by atoms with Gasteiger partial charge >= 0.3 is 6.09 Å². The summed E-state index contributed by atoms with van der Waals surface area (Å²) >= 11 is 0. The second-order valence-corrected chi connectivity index (χ2v) is 3.52. The van der Waals surface area contributed by atoms with E-state index in [0.717, 1.165) is 5.92 Å². The molecule has 0 aromatic rings. The summed E-state index contributed by atoms with van der Waals surface area (Å²) < 4.78 is 0. The normalized spacial score (nSPS) is 30.2. The maximum atomic E-state index is 9.13. The Hall–Kier alpha value is -0.810. The van der Waals surface area contributed by atoms with Crippen molar-refractivity contribution in [2.24, 2.45) is 11.8 Å². The number of hydrogen-bond donors (Lipinski definition) is 3. The predicted octanol–water partition coefficient (Wildman–Crippen LogP) is 0.230. The number of fused-ring (bicyclic) bond motifs is 3. The van der Waals surface area contributed by atoms with Crippen molar-refractivity contribution in [1.82, 2.24) is 10.3 Å². The Balaban J connectivity index is 0.000000149. The molecule has 3 fully saturated rings. The average Bonchev–Trinajstić information content (AvgIpc) is 2.21. The Kier molecular flexibility index (Phi) is 3.98. The van der Waals surface area contributed by atoms with Crippen LogP contribution in [0.4, 0.5) is 4.79 Å². The van der Waals surface area contributed by atoms with E-state index < -0.39 is 6.09 Å². The molecular formula is C8H17N3O2. The largest absolute Gasteiger partial charge is 0.464 e. The summed E-state index contributed by atoms with van der Waals surface area (Å²) in [4.78, 5) is 11.7. The SMILES string of the molecule is C1CN2CCC1CC2.NNC(=O)O. The van der Waals surface area contributed by atoms with Crippen LogP contribution in [0.5, 0.6) is 0 Å². The molecule has 4 N–H and O–H groups in total. The average molecular weight is 187 g/mol. The Morgan fingerprint density at radius 3 is 1.77 bits per heavy atom. The fourth-order valence-corrected chi connectivity index (χ4v) is 1.86. The van der Waals surface area contributed by atoms with E-state index in [2.05, 4.69) is 10.7 Å². The molecule has 1 amide bonds. The van der Waals surface area contributed by atoms with Gasteiger partial charge in [0, 0.05) is 0 Å². The molecule has 0 aromatic heterocycles. The van der Waals surface area contributed by atoms with Gasteiger partial charge in [0.05, 0.1) is 0 Å². The van der Waals surface area contributed by atoms with Gasteiger partial charge < -0.3 is 10.0 Å². The predicted molar refractivity (Wildman–Crippen MR) is 49.1 cm³/mol. The van der Waals surface area contributed by atoms with Gasteiger partial charge in [-0.3, -0.25) is 5.43 Å². The lowest BCUT2D eigenvalue weighted by Crippen LogP contribution is -2.41. The van der Waals surface area contributed by atoms with Gasteiger partial charge in [-0.1, -0.05) is 0 Å². The van der Waals surface area contributed by atoms with Crippen LogP contribution in [0.3, 0.4) is 0 Å². The van der Waals surface area contributed by atoms with Gasteiger partial charge in [-0.2, -0.15) is 0 Å². The topological polar surface area (TPSA) is 78.6 Å². The van der Waals surface area contributed by atoms with Gasteiger partial charge in [-0.05, 0) is 44.8 Å². The molecular weight excluding hydrogens is 170 g/mol. The summed E-state index contributed by atoms with van der Waals surface area (Å²) in [6.45, 7) is 4.18. The first-order valence-corrected chi connectivity index (χ1v) is 4.64. The summed E-state index contributed by atoms with van der Waals surface area (Å²) in [5.74, 6) is 5.43. The number of hydrogen-bond acceptors (Lipinski definition) is 3. The number of piperidine rings is 3. The first-order chi connectivity index (χ1) is 6.22. The third-order valence-electron chi connectivity index (χ3n) is 2.68. The van der Waals surface area contributed by atoms with Gasteiger partial charge in [-0.25, -0.2) is 10.6 Å². The number of hydrazine groups is 1. The first-order valence-electron chi connectivity index (χ1n) is 4.64. The standard InChI is InChI=1S/C7H13N.CH4N2O2/c1-4-8-5-2-7(1)3-6-8;2-3-1(4)5/h7H,1-6H2;3H,2H2,(H,4,5). The molecule has 3 rings (SSSR count). The number of carbonyl (C=O) groups is 1. The molecule has 0 spiro atoms. The molecule has 0 aromatic carbocycles. The van der Waals surface area contributed by atoms with Crippen LogP contribution in [-0.4, -0.2) is 35.7 Å². The third-order valence-corrected chi connectivity index (χ3v) is 2.68. The van der Waals surface area contributed by atoms with Crippen LogP contribution in [0.15, 0.2) is 0 Å². The van der Waals surface area contributed by atoms with Gasteiger partial charge in [0.1, 0.15) is 0 Å². The molecule has 0 atom stereocenters. The van der Waals surface area contributed by atoms with Crippen molar-refractivity contribution < 1.29 is 9.90 Å². The van der Waals surface area contributed by atoms with Crippen LogP contribution < -0.4 is 11.3 Å². The monoisotopic (exact) mass is 187 g/mol. The Bertz CT molecular complexity index is 144. The van der Waals surface area contributed by atoms with E-state index in [0.29, 0.717) is 0 Å². The highest BCUT2D eigenvalue weighted by Crippen LogP contribution is 2.26. The minimum Gasteiger partial charge on any atom is -0.464 e. The van der Waals surface area contributed by atoms with Crippen LogP contribution in [0.2, 0.25) is 0 Å². The molecule has 3 saturated heterocycles. The summed E-state index contributed by atoms with van der Waals surface area (Å²) in [6, 6.07) is 0. The van der Waals surface area contributed by atoms with Crippen molar-refractivity contribution >= 4 is 6.09 Å². The van der Waals surface area contributed by atoms with Crippen molar-refractivity contribution in [3.63, 3.8) is 0 Å². The van der Waals surface area contributed by atoms with Gasteiger partial charge in [0.2, 0.25) is 0 Å². The van der Waals surface area contributed by atoms with E-state index in [4.69, 9.17) is 9.90 Å². The molecule has 0 aliphatic carbocycles. The summed E-state index contributed by atoms with van der Waals surface area (Å²) in [5.41, 5.74) is 1.44. The van der Waals surface area contributed by atoms with Gasteiger partial charge in [0.15, 0.2) is 0 Å². The highest BCUT2D eigenvalue weighted by atomic mass is 16.4. The lowest BCUT2D eigenvalue weighted by molar-refractivity contribution is 0.111. The summed E-state index contributed by atoms with van der Waals surface area (Å²) in [5, 5.41) is 7.49. The minimum absolute atomic E-state index is 1.11. The fourth-order valence-electron chi connectivity index (χ4n) is 1.86. The molecule has 0 radical (unpaired) electrons. The molecule has 3 aliphatic rings. The zero-order chi connectivity index (χ0) is 9.68. The van der Waals surface area contributed by atoms with Crippen LogP contribution in [-0.2, 0) is 0 Å².